The van der Waals surface area contributed by atoms with E-state index in [0.717, 1.165) is 21.8 Å². The summed E-state index contributed by atoms with van der Waals surface area (Å²) in [5.74, 6) is 1.09. The van der Waals surface area contributed by atoms with Crippen molar-refractivity contribution in [2.75, 3.05) is 33.3 Å². The number of aryl methyl sites for hydroxylation is 1. The Balaban J connectivity index is 1.50. The molecule has 1 fully saturated rings. The first-order valence-corrected chi connectivity index (χ1v) is 9.66. The van der Waals surface area contributed by atoms with Gasteiger partial charge in [-0.2, -0.15) is 0 Å². The van der Waals surface area contributed by atoms with Crippen LogP contribution in [-0.2, 0) is 22.4 Å². The first-order chi connectivity index (χ1) is 12.6. The first-order valence-electron chi connectivity index (χ1n) is 8.78. The Morgan fingerprint density at radius 3 is 2.23 bits per heavy atom. The Morgan fingerprint density at radius 1 is 1.04 bits per heavy atom. The summed E-state index contributed by atoms with van der Waals surface area (Å²) in [6.45, 7) is 4.40. The average molecular weight is 372 g/mol. The molecule has 0 saturated carbocycles. The third kappa shape index (κ3) is 4.43. The molecule has 2 heterocycles. The van der Waals surface area contributed by atoms with Crippen molar-refractivity contribution < 1.29 is 14.3 Å². The maximum Gasteiger partial charge on any atom is 0.227 e. The lowest BCUT2D eigenvalue weighted by Gasteiger charge is -2.35. The van der Waals surface area contributed by atoms with Gasteiger partial charge in [0.25, 0.3) is 0 Å². The molecule has 2 aromatic rings. The molecule has 0 radical (unpaired) electrons. The maximum atomic E-state index is 12.6. The van der Waals surface area contributed by atoms with Crippen LogP contribution in [0.2, 0.25) is 0 Å². The molecule has 138 valence electrons. The van der Waals surface area contributed by atoms with Crippen LogP contribution in [0.5, 0.6) is 5.75 Å². The van der Waals surface area contributed by atoms with Gasteiger partial charge >= 0.3 is 0 Å². The van der Waals surface area contributed by atoms with Gasteiger partial charge in [0.15, 0.2) is 0 Å². The Morgan fingerprint density at radius 2 is 1.69 bits per heavy atom. The highest BCUT2D eigenvalue weighted by Gasteiger charge is 2.24. The molecule has 5 nitrogen and oxygen atoms in total. The second kappa shape index (κ2) is 8.36. The normalized spacial score (nSPS) is 14.4. The number of hydrogen-bond acceptors (Lipinski definition) is 4. The molecule has 0 N–H and O–H groups in total. The number of benzene rings is 1. The molecule has 1 aromatic carbocycles. The SMILES string of the molecule is COc1ccc(CC(=O)N2CCN(C(=O)Cc3cccs3)CC2)cc1C. The Bertz CT molecular complexity index is 765. The molecule has 2 amide bonds. The van der Waals surface area contributed by atoms with Crippen LogP contribution in [-0.4, -0.2) is 54.9 Å². The highest BCUT2D eigenvalue weighted by molar-refractivity contribution is 7.10. The van der Waals surface area contributed by atoms with Gasteiger partial charge < -0.3 is 14.5 Å². The fourth-order valence-electron chi connectivity index (χ4n) is 3.22. The molecule has 0 bridgehead atoms. The number of amides is 2. The van der Waals surface area contributed by atoms with Gasteiger partial charge in [-0.1, -0.05) is 18.2 Å². The largest absolute Gasteiger partial charge is 0.496 e. The van der Waals surface area contributed by atoms with Crippen molar-refractivity contribution in [1.82, 2.24) is 9.80 Å². The third-order valence-electron chi connectivity index (χ3n) is 4.71. The Kier molecular flexibility index (Phi) is 5.93. The third-order valence-corrected chi connectivity index (χ3v) is 5.58. The van der Waals surface area contributed by atoms with E-state index in [1.54, 1.807) is 18.4 Å². The Hall–Kier alpha value is -2.34. The van der Waals surface area contributed by atoms with E-state index < -0.39 is 0 Å². The van der Waals surface area contributed by atoms with Crippen molar-refractivity contribution in [2.45, 2.75) is 19.8 Å². The predicted octanol–water partition coefficient (Wildman–Crippen LogP) is 2.52. The zero-order chi connectivity index (χ0) is 18.5. The van der Waals surface area contributed by atoms with Crippen molar-refractivity contribution in [2.24, 2.45) is 0 Å². The van der Waals surface area contributed by atoms with Crippen molar-refractivity contribution in [1.29, 1.82) is 0 Å². The molecule has 3 rings (SSSR count). The molecule has 0 unspecified atom stereocenters. The van der Waals surface area contributed by atoms with Crippen LogP contribution in [0.1, 0.15) is 16.0 Å². The second-order valence-electron chi connectivity index (χ2n) is 6.50. The smallest absolute Gasteiger partial charge is 0.227 e. The summed E-state index contributed by atoms with van der Waals surface area (Å²) in [7, 11) is 1.65. The number of carbonyl (C=O) groups is 2. The lowest BCUT2D eigenvalue weighted by atomic mass is 10.1. The van der Waals surface area contributed by atoms with Crippen LogP contribution in [0.15, 0.2) is 35.7 Å². The highest BCUT2D eigenvalue weighted by Crippen LogP contribution is 2.19. The number of hydrogen-bond donors (Lipinski definition) is 0. The van der Waals surface area contributed by atoms with Crippen LogP contribution in [0.4, 0.5) is 0 Å². The van der Waals surface area contributed by atoms with E-state index in [0.29, 0.717) is 39.0 Å². The molecule has 1 aliphatic heterocycles. The fourth-order valence-corrected chi connectivity index (χ4v) is 3.91. The van der Waals surface area contributed by atoms with E-state index in [9.17, 15) is 9.59 Å². The number of methoxy groups -OCH3 is 1. The van der Waals surface area contributed by atoms with Gasteiger partial charge in [0.05, 0.1) is 20.0 Å². The van der Waals surface area contributed by atoms with E-state index in [-0.39, 0.29) is 11.8 Å². The summed E-state index contributed by atoms with van der Waals surface area (Å²) in [6.07, 6.45) is 0.838. The zero-order valence-electron chi connectivity index (χ0n) is 15.2. The van der Waals surface area contributed by atoms with E-state index >= 15 is 0 Å². The van der Waals surface area contributed by atoms with E-state index in [1.165, 1.54) is 0 Å². The van der Waals surface area contributed by atoms with Gasteiger partial charge in [-0.25, -0.2) is 0 Å². The quantitative estimate of drug-likeness (QED) is 0.810. The van der Waals surface area contributed by atoms with Crippen LogP contribution in [0, 0.1) is 6.92 Å². The van der Waals surface area contributed by atoms with Gasteiger partial charge in [0.1, 0.15) is 5.75 Å². The summed E-state index contributed by atoms with van der Waals surface area (Å²) >= 11 is 1.60. The van der Waals surface area contributed by atoms with Crippen molar-refractivity contribution in [3.8, 4) is 5.75 Å². The van der Waals surface area contributed by atoms with E-state index in [1.807, 2.05) is 52.4 Å². The van der Waals surface area contributed by atoms with Crippen LogP contribution < -0.4 is 4.74 Å². The topological polar surface area (TPSA) is 49.9 Å². The molecule has 1 aromatic heterocycles. The molecule has 0 atom stereocenters. The van der Waals surface area contributed by atoms with Crippen molar-refractivity contribution in [3.63, 3.8) is 0 Å². The highest BCUT2D eigenvalue weighted by atomic mass is 32.1. The standard InChI is InChI=1S/C20H24N2O3S/c1-15-12-16(5-6-18(15)25-2)13-19(23)21-7-9-22(10-8-21)20(24)14-17-4-3-11-26-17/h3-6,11-12H,7-10,13-14H2,1-2H3. The molecule has 1 saturated heterocycles. The number of thiophene rings is 1. The first kappa shape index (κ1) is 18.5. The second-order valence-corrected chi connectivity index (χ2v) is 7.53. The lowest BCUT2D eigenvalue weighted by molar-refractivity contribution is -0.138. The van der Waals surface area contributed by atoms with Crippen LogP contribution >= 0.6 is 11.3 Å². The van der Waals surface area contributed by atoms with Crippen molar-refractivity contribution >= 4 is 23.2 Å². The summed E-state index contributed by atoms with van der Waals surface area (Å²) < 4.78 is 5.26. The number of nitrogens with zero attached hydrogens (tertiary/aromatic N) is 2. The lowest BCUT2D eigenvalue weighted by Crippen LogP contribution is -2.51. The summed E-state index contributed by atoms with van der Waals surface area (Å²) in [5, 5.41) is 1.99. The van der Waals surface area contributed by atoms with Gasteiger partial charge in [0.2, 0.25) is 11.8 Å². The molecule has 6 heteroatoms. The minimum Gasteiger partial charge on any atom is -0.496 e. The van der Waals surface area contributed by atoms with Gasteiger partial charge in [-0.05, 0) is 35.6 Å². The minimum atomic E-state index is 0.111. The molecule has 26 heavy (non-hydrogen) atoms. The monoisotopic (exact) mass is 372 g/mol. The zero-order valence-corrected chi connectivity index (χ0v) is 16.1. The number of rotatable bonds is 5. The van der Waals surface area contributed by atoms with Gasteiger partial charge in [-0.15, -0.1) is 11.3 Å². The van der Waals surface area contributed by atoms with Gasteiger partial charge in [0, 0.05) is 31.1 Å². The number of piperazine rings is 1. The van der Waals surface area contributed by atoms with E-state index in [4.69, 9.17) is 4.74 Å². The average Bonchev–Trinajstić information content (AvgIpc) is 3.15. The number of carbonyl (C=O) groups excluding carboxylic acids is 2. The molecular weight excluding hydrogens is 348 g/mol. The molecule has 0 spiro atoms. The molecule has 0 aliphatic carbocycles. The van der Waals surface area contributed by atoms with Crippen molar-refractivity contribution in [3.05, 3.63) is 51.7 Å². The number of ether oxygens (including phenoxy) is 1. The Labute approximate surface area is 158 Å². The van der Waals surface area contributed by atoms with Crippen LogP contribution in [0.25, 0.3) is 0 Å². The molecule has 1 aliphatic rings. The maximum absolute atomic E-state index is 12.6. The minimum absolute atomic E-state index is 0.111. The molecular formula is C20H24N2O3S. The summed E-state index contributed by atoms with van der Waals surface area (Å²) in [6, 6.07) is 9.78. The van der Waals surface area contributed by atoms with Crippen LogP contribution in [0.3, 0.4) is 0 Å². The summed E-state index contributed by atoms with van der Waals surface area (Å²) in [5.41, 5.74) is 2.02. The fraction of sp³-hybridized carbons (Fsp3) is 0.400. The van der Waals surface area contributed by atoms with Gasteiger partial charge in [-0.3, -0.25) is 9.59 Å². The van der Waals surface area contributed by atoms with E-state index in [2.05, 4.69) is 0 Å². The predicted molar refractivity (Wildman–Crippen MR) is 103 cm³/mol. The summed E-state index contributed by atoms with van der Waals surface area (Å²) in [4.78, 5) is 29.7.